The Labute approximate surface area is 175 Å². The van der Waals surface area contributed by atoms with Crippen molar-refractivity contribution in [2.24, 2.45) is 59.2 Å². The van der Waals surface area contributed by atoms with Gasteiger partial charge in [-0.15, -0.1) is 0 Å². The van der Waals surface area contributed by atoms with E-state index in [0.717, 1.165) is 11.8 Å². The first-order valence-electron chi connectivity index (χ1n) is 13.5. The summed E-state index contributed by atoms with van der Waals surface area (Å²) in [5.41, 5.74) is 2.47. The Morgan fingerprint density at radius 2 is 1.00 bits per heavy atom. The average Bonchev–Trinajstić information content (AvgIpc) is 3.04. The Bertz CT molecular complexity index is 511. The lowest BCUT2D eigenvalue weighted by Gasteiger charge is -2.62. The van der Waals surface area contributed by atoms with Gasteiger partial charge in [-0.3, -0.25) is 0 Å². The van der Waals surface area contributed by atoms with Gasteiger partial charge in [0, 0.05) is 0 Å². The maximum atomic E-state index is 2.62. The summed E-state index contributed by atoms with van der Waals surface area (Å²) in [5.74, 6) is 11.6. The Morgan fingerprint density at radius 1 is 0.571 bits per heavy atom. The lowest BCUT2D eigenvalue weighted by Crippen LogP contribution is -2.53. The molecule has 0 aromatic rings. The molecule has 0 saturated heterocycles. The van der Waals surface area contributed by atoms with Crippen LogP contribution in [-0.4, -0.2) is 17.5 Å². The molecule has 0 spiro atoms. The highest BCUT2D eigenvalue weighted by Gasteiger charge is 2.57. The largest absolute Gasteiger partial charge is 0.0989 e. The molecule has 9 fully saturated rings. The highest BCUT2D eigenvalue weighted by molar-refractivity contribution is 7.59. The molecule has 9 rings (SSSR count). The molecule has 2 unspecified atom stereocenters. The third kappa shape index (κ3) is 2.78. The van der Waals surface area contributed by atoms with Crippen LogP contribution < -0.4 is 0 Å². The van der Waals surface area contributed by atoms with E-state index in [0.29, 0.717) is 7.92 Å². The Hall–Kier alpha value is 0.430. The zero-order valence-corrected chi connectivity index (χ0v) is 19.2. The minimum Gasteiger partial charge on any atom is -0.0989 e. The molecule has 156 valence electrons. The van der Waals surface area contributed by atoms with E-state index in [1.165, 1.54) is 58.7 Å². The fourth-order valence-electron chi connectivity index (χ4n) is 11.1. The van der Waals surface area contributed by atoms with Crippen molar-refractivity contribution in [1.82, 2.24) is 0 Å². The van der Waals surface area contributed by atoms with Crippen molar-refractivity contribution in [2.45, 2.75) is 102 Å². The lowest BCUT2D eigenvalue weighted by atomic mass is 9.55. The predicted molar refractivity (Wildman–Crippen MR) is 120 cm³/mol. The summed E-state index contributed by atoms with van der Waals surface area (Å²) >= 11 is 0. The summed E-state index contributed by atoms with van der Waals surface area (Å²) in [5, 5.41) is 0. The zero-order chi connectivity index (χ0) is 18.4. The van der Waals surface area contributed by atoms with Crippen molar-refractivity contribution in [3.05, 3.63) is 0 Å². The molecule has 0 nitrogen and oxygen atoms in total. The van der Waals surface area contributed by atoms with Crippen LogP contribution in [0.15, 0.2) is 0 Å². The monoisotopic (exact) mass is 398 g/mol. The van der Waals surface area contributed by atoms with E-state index in [4.69, 9.17) is 0 Å². The molecule has 0 amide bonds. The topological polar surface area (TPSA) is 0 Å². The normalized spacial score (nSPS) is 59.9. The second-order valence-corrected chi connectivity index (χ2v) is 15.8. The van der Waals surface area contributed by atoms with E-state index in [-0.39, 0.29) is 0 Å². The van der Waals surface area contributed by atoms with Crippen LogP contribution in [0, 0.1) is 59.2 Å². The summed E-state index contributed by atoms with van der Waals surface area (Å²) < 4.78 is 0. The van der Waals surface area contributed by atoms with Crippen LogP contribution in [0.1, 0.15) is 90.4 Å². The van der Waals surface area contributed by atoms with Gasteiger partial charge in [0.1, 0.15) is 0 Å². The van der Waals surface area contributed by atoms with Crippen LogP contribution in [-0.2, 0) is 0 Å². The molecule has 0 heterocycles. The average molecular weight is 399 g/mol. The molecule has 8 bridgehead atoms. The molecular formula is C27H43P. The third-order valence-corrected chi connectivity index (χ3v) is 15.7. The van der Waals surface area contributed by atoms with Crippen LogP contribution in [0.5, 0.6) is 0 Å². The molecule has 0 aromatic carbocycles. The number of rotatable bonds is 4. The Morgan fingerprint density at radius 3 is 1.36 bits per heavy atom. The van der Waals surface area contributed by atoms with Crippen molar-refractivity contribution in [3.8, 4) is 0 Å². The molecule has 28 heavy (non-hydrogen) atoms. The van der Waals surface area contributed by atoms with Crippen LogP contribution in [0.3, 0.4) is 0 Å². The summed E-state index contributed by atoms with van der Waals surface area (Å²) in [7, 11) is 0.302. The summed E-state index contributed by atoms with van der Waals surface area (Å²) in [6.07, 6.45) is 23.1. The minimum absolute atomic E-state index is 0.302. The first-order valence-corrected chi connectivity index (χ1v) is 15.1. The van der Waals surface area contributed by atoms with E-state index in [1.807, 2.05) is 0 Å². The van der Waals surface area contributed by atoms with Gasteiger partial charge < -0.3 is 0 Å². The Kier molecular flexibility index (Phi) is 4.33. The maximum Gasteiger partial charge on any atom is -0.0149 e. The van der Waals surface area contributed by atoms with Crippen molar-refractivity contribution in [3.63, 3.8) is 0 Å². The second-order valence-electron chi connectivity index (χ2n) is 13.2. The van der Waals surface area contributed by atoms with Crippen LogP contribution in [0.4, 0.5) is 0 Å². The van der Waals surface area contributed by atoms with E-state index in [2.05, 4.69) is 6.92 Å². The minimum atomic E-state index is 0.302. The van der Waals surface area contributed by atoms with Crippen molar-refractivity contribution >= 4 is 7.92 Å². The van der Waals surface area contributed by atoms with Crippen molar-refractivity contribution < 1.29 is 0 Å². The zero-order valence-electron chi connectivity index (χ0n) is 18.3. The molecule has 0 radical (unpaired) electrons. The first-order chi connectivity index (χ1) is 13.7. The van der Waals surface area contributed by atoms with Gasteiger partial charge in [-0.25, -0.2) is 0 Å². The Balaban J connectivity index is 1.22. The van der Waals surface area contributed by atoms with Gasteiger partial charge in [0.2, 0.25) is 0 Å². The van der Waals surface area contributed by atoms with Gasteiger partial charge in [-0.2, -0.15) is 0 Å². The molecule has 9 saturated carbocycles. The number of hydrogen-bond donors (Lipinski definition) is 0. The van der Waals surface area contributed by atoms with Gasteiger partial charge in [0.05, 0.1) is 0 Å². The van der Waals surface area contributed by atoms with Gasteiger partial charge in [0.15, 0.2) is 0 Å². The molecule has 2 atom stereocenters. The van der Waals surface area contributed by atoms with Gasteiger partial charge >= 0.3 is 0 Å². The summed E-state index contributed by atoms with van der Waals surface area (Å²) in [6, 6.07) is 0. The van der Waals surface area contributed by atoms with Crippen LogP contribution in [0.25, 0.3) is 0 Å². The van der Waals surface area contributed by atoms with E-state index < -0.39 is 0 Å². The lowest BCUT2D eigenvalue weighted by molar-refractivity contribution is 0.0127. The smallest absolute Gasteiger partial charge is 0.0149 e. The third-order valence-electron chi connectivity index (χ3n) is 11.6. The quantitative estimate of drug-likeness (QED) is 0.429. The molecule has 0 N–H and O–H groups in total. The summed E-state index contributed by atoms with van der Waals surface area (Å²) in [4.78, 5) is 0. The fraction of sp³-hybridized carbons (Fsp3) is 1.00. The molecule has 0 aliphatic heterocycles. The van der Waals surface area contributed by atoms with E-state index in [1.54, 1.807) is 89.6 Å². The number of hydrogen-bond acceptors (Lipinski definition) is 0. The van der Waals surface area contributed by atoms with Crippen LogP contribution >= 0.6 is 7.92 Å². The first kappa shape index (κ1) is 18.0. The molecule has 9 aliphatic carbocycles. The molecular weight excluding hydrogens is 355 g/mol. The van der Waals surface area contributed by atoms with Crippen LogP contribution in [0.2, 0.25) is 0 Å². The molecule has 9 aliphatic rings. The van der Waals surface area contributed by atoms with Gasteiger partial charge in [-0.05, 0) is 147 Å². The standard InChI is InChI=1S/C27H43P/c1-16-3-2-4-21(16)15-28(26-22-7-17-5-18(9-22)10-23(26)8-17)27-24-11-19-6-20(13-24)14-25(27)12-19/h16-27H,2-15H2,1H3. The highest BCUT2D eigenvalue weighted by atomic mass is 31.1. The van der Waals surface area contributed by atoms with E-state index >= 15 is 0 Å². The summed E-state index contributed by atoms with van der Waals surface area (Å²) in [6.45, 7) is 2.62. The molecule has 1 heteroatoms. The van der Waals surface area contributed by atoms with Gasteiger partial charge in [0.25, 0.3) is 0 Å². The van der Waals surface area contributed by atoms with E-state index in [9.17, 15) is 0 Å². The maximum absolute atomic E-state index is 2.62. The fourth-order valence-corrected chi connectivity index (χ4v) is 16.2. The van der Waals surface area contributed by atoms with Crippen molar-refractivity contribution in [2.75, 3.05) is 6.16 Å². The van der Waals surface area contributed by atoms with Crippen molar-refractivity contribution in [1.29, 1.82) is 0 Å². The molecule has 0 aromatic heterocycles. The highest BCUT2D eigenvalue weighted by Crippen LogP contribution is 2.71. The van der Waals surface area contributed by atoms with Gasteiger partial charge in [-0.1, -0.05) is 27.7 Å². The SMILES string of the molecule is CC1CCCC1CP(C1C2CC3CC(C2)CC1C3)C1C2CC3CC(C2)CC1C3. The predicted octanol–water partition coefficient (Wildman–Crippen LogP) is 7.55. The second kappa shape index (κ2) is 6.71.